The van der Waals surface area contributed by atoms with Crippen LogP contribution in [0.2, 0.25) is 5.02 Å². The van der Waals surface area contributed by atoms with Gasteiger partial charge in [0.15, 0.2) is 0 Å². The first-order valence-electron chi connectivity index (χ1n) is 8.60. The minimum atomic E-state index is -0.157. The van der Waals surface area contributed by atoms with Gasteiger partial charge in [0.05, 0.1) is 0 Å². The van der Waals surface area contributed by atoms with E-state index in [9.17, 15) is 4.79 Å². The lowest BCUT2D eigenvalue weighted by molar-refractivity contribution is 0.0779. The van der Waals surface area contributed by atoms with Gasteiger partial charge in [0, 0.05) is 30.0 Å². The van der Waals surface area contributed by atoms with E-state index in [0.717, 1.165) is 16.8 Å². The van der Waals surface area contributed by atoms with Gasteiger partial charge < -0.3 is 10.2 Å². The van der Waals surface area contributed by atoms with Gasteiger partial charge in [-0.2, -0.15) is 0 Å². The predicted molar refractivity (Wildman–Crippen MR) is 108 cm³/mol. The van der Waals surface area contributed by atoms with Crippen LogP contribution in [0.15, 0.2) is 54.6 Å². The smallest absolute Gasteiger partial charge is 0.272 e. The number of anilines is 2. The van der Waals surface area contributed by atoms with Gasteiger partial charge in [-0.25, -0.2) is 9.97 Å². The van der Waals surface area contributed by atoms with E-state index in [4.69, 9.17) is 11.6 Å². The highest BCUT2D eigenvalue weighted by Gasteiger charge is 2.16. The molecule has 0 unspecified atom stereocenters. The molecule has 6 heteroatoms. The summed E-state index contributed by atoms with van der Waals surface area (Å²) < 4.78 is 0. The number of halogens is 1. The van der Waals surface area contributed by atoms with Crippen LogP contribution < -0.4 is 5.32 Å². The van der Waals surface area contributed by atoms with Crippen molar-refractivity contribution in [1.82, 2.24) is 14.9 Å². The van der Waals surface area contributed by atoms with E-state index < -0.39 is 0 Å². The van der Waals surface area contributed by atoms with E-state index >= 15 is 0 Å². The maximum absolute atomic E-state index is 12.8. The molecule has 0 radical (unpaired) electrons. The quantitative estimate of drug-likeness (QED) is 0.693. The molecule has 0 spiro atoms. The molecule has 0 fully saturated rings. The Hall–Kier alpha value is -2.92. The van der Waals surface area contributed by atoms with Crippen LogP contribution in [0.3, 0.4) is 0 Å². The highest BCUT2D eigenvalue weighted by atomic mass is 35.5. The van der Waals surface area contributed by atoms with E-state index in [-0.39, 0.29) is 5.91 Å². The highest BCUT2D eigenvalue weighted by Crippen LogP contribution is 2.23. The van der Waals surface area contributed by atoms with Gasteiger partial charge in [-0.1, -0.05) is 48.0 Å². The van der Waals surface area contributed by atoms with Gasteiger partial charge >= 0.3 is 0 Å². The highest BCUT2D eigenvalue weighted by molar-refractivity contribution is 6.30. The number of aryl methyl sites for hydroxylation is 2. The summed E-state index contributed by atoms with van der Waals surface area (Å²) >= 11 is 6.07. The first-order valence-corrected chi connectivity index (χ1v) is 8.98. The molecular formula is C21H21ClN4O. The molecule has 0 atom stereocenters. The number of nitrogens with zero attached hydrogens (tertiary/aromatic N) is 3. The van der Waals surface area contributed by atoms with Crippen LogP contribution in [0.25, 0.3) is 0 Å². The molecule has 1 aromatic heterocycles. The number of carbonyl (C=O) groups is 1. The van der Waals surface area contributed by atoms with E-state index in [1.807, 2.05) is 62.4 Å². The monoisotopic (exact) mass is 380 g/mol. The van der Waals surface area contributed by atoms with Crippen molar-refractivity contribution in [3.63, 3.8) is 0 Å². The Morgan fingerprint density at radius 2 is 1.81 bits per heavy atom. The molecule has 0 aliphatic heterocycles. The second-order valence-corrected chi connectivity index (χ2v) is 6.89. The van der Waals surface area contributed by atoms with E-state index in [0.29, 0.717) is 28.9 Å². The topological polar surface area (TPSA) is 58.1 Å². The van der Waals surface area contributed by atoms with E-state index in [2.05, 4.69) is 15.3 Å². The zero-order valence-electron chi connectivity index (χ0n) is 15.5. The first kappa shape index (κ1) is 18.9. The Labute approximate surface area is 164 Å². The molecule has 1 heterocycles. The van der Waals surface area contributed by atoms with Gasteiger partial charge in [-0.05, 0) is 43.2 Å². The fourth-order valence-electron chi connectivity index (χ4n) is 2.71. The lowest BCUT2D eigenvalue weighted by Gasteiger charge is -2.17. The number of amides is 1. The van der Waals surface area contributed by atoms with E-state index in [1.165, 1.54) is 0 Å². The largest absolute Gasteiger partial charge is 0.336 e. The van der Waals surface area contributed by atoms with Crippen molar-refractivity contribution in [2.45, 2.75) is 20.4 Å². The summed E-state index contributed by atoms with van der Waals surface area (Å²) in [4.78, 5) is 23.3. The second-order valence-electron chi connectivity index (χ2n) is 6.45. The van der Waals surface area contributed by atoms with Gasteiger partial charge in [-0.3, -0.25) is 4.79 Å². The summed E-state index contributed by atoms with van der Waals surface area (Å²) in [5.41, 5.74) is 3.95. The predicted octanol–water partition coefficient (Wildman–Crippen LogP) is 4.76. The van der Waals surface area contributed by atoms with Crippen LogP contribution in [0.4, 0.5) is 11.6 Å². The van der Waals surface area contributed by atoms with Crippen LogP contribution in [-0.2, 0) is 6.54 Å². The maximum atomic E-state index is 12.8. The van der Waals surface area contributed by atoms with Crippen molar-refractivity contribution in [3.05, 3.63) is 82.1 Å². The molecular weight excluding hydrogens is 360 g/mol. The van der Waals surface area contributed by atoms with Crippen molar-refractivity contribution in [2.24, 2.45) is 0 Å². The number of nitrogens with one attached hydrogen (secondary N) is 1. The third kappa shape index (κ3) is 4.83. The molecule has 0 saturated carbocycles. The Balaban J connectivity index is 1.82. The summed E-state index contributed by atoms with van der Waals surface area (Å²) in [7, 11) is 1.76. The van der Waals surface area contributed by atoms with Crippen molar-refractivity contribution in [1.29, 1.82) is 0 Å². The number of hydrogen-bond donors (Lipinski definition) is 1. The molecule has 3 aromatic rings. The average molecular weight is 381 g/mol. The van der Waals surface area contributed by atoms with Crippen LogP contribution >= 0.6 is 11.6 Å². The summed E-state index contributed by atoms with van der Waals surface area (Å²) in [6, 6.07) is 17.1. The number of carbonyl (C=O) groups excluding carboxylic acids is 1. The fraction of sp³-hybridized carbons (Fsp3) is 0.190. The second kappa shape index (κ2) is 8.18. The summed E-state index contributed by atoms with van der Waals surface area (Å²) in [6.45, 7) is 4.32. The average Bonchev–Trinajstić information content (AvgIpc) is 2.64. The van der Waals surface area contributed by atoms with Crippen molar-refractivity contribution >= 4 is 29.1 Å². The van der Waals surface area contributed by atoms with Crippen LogP contribution in [-0.4, -0.2) is 27.8 Å². The molecule has 138 valence electrons. The number of rotatable bonds is 5. The summed E-state index contributed by atoms with van der Waals surface area (Å²) in [6.07, 6.45) is 0. The van der Waals surface area contributed by atoms with Crippen LogP contribution in [0.5, 0.6) is 0 Å². The molecule has 0 bridgehead atoms. The minimum absolute atomic E-state index is 0.157. The molecule has 0 saturated heterocycles. The van der Waals surface area contributed by atoms with Gasteiger partial charge in [0.2, 0.25) is 5.95 Å². The zero-order chi connectivity index (χ0) is 19.4. The Bertz CT molecular complexity index is 960. The molecule has 27 heavy (non-hydrogen) atoms. The maximum Gasteiger partial charge on any atom is 0.272 e. The SMILES string of the molecule is Cc1cc(C(=O)N(C)Cc2ccccc2)nc(Nc2cc(Cl)ccc2C)n1. The van der Waals surface area contributed by atoms with Gasteiger partial charge in [-0.15, -0.1) is 0 Å². The summed E-state index contributed by atoms with van der Waals surface area (Å²) in [5.74, 6) is 0.215. The normalized spacial score (nSPS) is 10.5. The first-order chi connectivity index (χ1) is 12.9. The van der Waals surface area contributed by atoms with Gasteiger partial charge in [0.1, 0.15) is 5.69 Å². The number of aromatic nitrogens is 2. The van der Waals surface area contributed by atoms with E-state index in [1.54, 1.807) is 18.0 Å². The lowest BCUT2D eigenvalue weighted by atomic mass is 10.2. The van der Waals surface area contributed by atoms with Crippen LogP contribution in [0.1, 0.15) is 27.3 Å². The Morgan fingerprint density at radius 1 is 1.07 bits per heavy atom. The molecule has 2 aromatic carbocycles. The minimum Gasteiger partial charge on any atom is -0.336 e. The molecule has 3 rings (SSSR count). The molecule has 5 nitrogen and oxygen atoms in total. The zero-order valence-corrected chi connectivity index (χ0v) is 16.3. The van der Waals surface area contributed by atoms with Crippen LogP contribution in [0, 0.1) is 13.8 Å². The molecule has 1 amide bonds. The lowest BCUT2D eigenvalue weighted by Crippen LogP contribution is -2.27. The third-order valence-electron chi connectivity index (χ3n) is 4.13. The molecule has 1 N–H and O–H groups in total. The molecule has 0 aliphatic carbocycles. The Kier molecular flexibility index (Phi) is 5.72. The van der Waals surface area contributed by atoms with Crippen molar-refractivity contribution in [2.75, 3.05) is 12.4 Å². The number of benzene rings is 2. The summed E-state index contributed by atoms with van der Waals surface area (Å²) in [5, 5.41) is 3.78. The van der Waals surface area contributed by atoms with Crippen molar-refractivity contribution in [3.8, 4) is 0 Å². The molecule has 0 aliphatic rings. The third-order valence-corrected chi connectivity index (χ3v) is 4.36. The standard InChI is InChI=1S/C21H21ClN4O/c1-14-9-10-17(22)12-18(14)24-21-23-15(2)11-19(25-21)20(27)26(3)13-16-7-5-4-6-8-16/h4-12H,13H2,1-3H3,(H,23,24,25). The van der Waals surface area contributed by atoms with Crippen molar-refractivity contribution < 1.29 is 4.79 Å². The van der Waals surface area contributed by atoms with Gasteiger partial charge in [0.25, 0.3) is 5.91 Å². The number of hydrogen-bond acceptors (Lipinski definition) is 4. The Morgan fingerprint density at radius 3 is 2.56 bits per heavy atom. The fourth-order valence-corrected chi connectivity index (χ4v) is 2.88.